The predicted octanol–water partition coefficient (Wildman–Crippen LogP) is 6.08. The van der Waals surface area contributed by atoms with Gasteiger partial charge in [0.25, 0.3) is 0 Å². The molecule has 0 aliphatic heterocycles. The molecule has 114 valence electrons. The second-order valence-corrected chi connectivity index (χ2v) is 9.09. The molecule has 0 saturated heterocycles. The summed E-state index contributed by atoms with van der Waals surface area (Å²) in [6.07, 6.45) is 7.55. The number of hydrogen-bond acceptors (Lipinski definition) is 1. The summed E-state index contributed by atoms with van der Waals surface area (Å²) in [6.45, 7) is 11.7. The molecule has 0 N–H and O–H groups in total. The van der Waals surface area contributed by atoms with Gasteiger partial charge in [0.1, 0.15) is 0 Å². The molecule has 1 heteroatoms. The van der Waals surface area contributed by atoms with Gasteiger partial charge in [-0.15, -0.1) is 18.3 Å². The van der Waals surface area contributed by atoms with E-state index in [0.717, 1.165) is 18.1 Å². The first-order valence-electron chi connectivity index (χ1n) is 8.24. The Balaban J connectivity index is 1.91. The van der Waals surface area contributed by atoms with Crippen molar-refractivity contribution < 1.29 is 0 Å². The SMILES string of the molecule is C=CCC1(SCc2ccccc2)C2(C)CCC(C2)C1(C)C. The van der Waals surface area contributed by atoms with E-state index in [1.54, 1.807) is 0 Å². The van der Waals surface area contributed by atoms with E-state index in [9.17, 15) is 0 Å². The van der Waals surface area contributed by atoms with Crippen LogP contribution in [-0.4, -0.2) is 4.75 Å². The minimum atomic E-state index is 0.348. The van der Waals surface area contributed by atoms with Gasteiger partial charge in [-0.2, -0.15) is 0 Å². The standard InChI is InChI=1S/C20H28S/c1-5-12-20(21-15-16-9-7-6-8-10-16)18(2,3)17-11-13-19(20,4)14-17/h5-10,17H,1,11-15H2,2-4H3. The van der Waals surface area contributed by atoms with Crippen molar-refractivity contribution >= 4 is 11.8 Å². The fraction of sp³-hybridized carbons (Fsp3) is 0.600. The lowest BCUT2D eigenvalue weighted by Crippen LogP contribution is -2.51. The Morgan fingerprint density at radius 1 is 1.24 bits per heavy atom. The molecule has 2 bridgehead atoms. The number of benzene rings is 1. The number of fused-ring (bicyclic) bond motifs is 2. The van der Waals surface area contributed by atoms with Crippen LogP contribution in [-0.2, 0) is 5.75 Å². The highest BCUT2D eigenvalue weighted by atomic mass is 32.2. The average Bonchev–Trinajstić information content (AvgIpc) is 2.94. The highest BCUT2D eigenvalue weighted by Crippen LogP contribution is 2.74. The lowest BCUT2D eigenvalue weighted by atomic mass is 9.62. The highest BCUT2D eigenvalue weighted by Gasteiger charge is 2.68. The van der Waals surface area contributed by atoms with Gasteiger partial charge in [0.2, 0.25) is 0 Å². The van der Waals surface area contributed by atoms with Gasteiger partial charge in [0.05, 0.1) is 0 Å². The molecular weight excluding hydrogens is 272 g/mol. The van der Waals surface area contributed by atoms with E-state index in [4.69, 9.17) is 0 Å². The molecule has 1 aromatic carbocycles. The zero-order chi connectivity index (χ0) is 15.1. The molecule has 3 atom stereocenters. The molecular formula is C20H28S. The Bertz CT molecular complexity index is 511. The summed E-state index contributed by atoms with van der Waals surface area (Å²) in [6, 6.07) is 10.9. The molecule has 1 aromatic rings. The Morgan fingerprint density at radius 3 is 2.52 bits per heavy atom. The summed E-state index contributed by atoms with van der Waals surface area (Å²) in [5.41, 5.74) is 2.34. The smallest absolute Gasteiger partial charge is 0.0304 e. The highest BCUT2D eigenvalue weighted by molar-refractivity contribution is 8.00. The van der Waals surface area contributed by atoms with Crippen molar-refractivity contribution in [3.63, 3.8) is 0 Å². The summed E-state index contributed by atoms with van der Waals surface area (Å²) in [5.74, 6) is 2.02. The maximum absolute atomic E-state index is 4.09. The molecule has 2 aliphatic carbocycles. The van der Waals surface area contributed by atoms with Gasteiger partial charge in [0.15, 0.2) is 0 Å². The third-order valence-electron chi connectivity index (χ3n) is 6.54. The lowest BCUT2D eigenvalue weighted by Gasteiger charge is -2.54. The quantitative estimate of drug-likeness (QED) is 0.594. The largest absolute Gasteiger partial charge is 0.149 e. The summed E-state index contributed by atoms with van der Waals surface area (Å²) in [4.78, 5) is 0. The second kappa shape index (κ2) is 5.19. The lowest BCUT2D eigenvalue weighted by molar-refractivity contribution is 0.110. The Hall–Kier alpha value is -0.690. The number of thioether (sulfide) groups is 1. The zero-order valence-electron chi connectivity index (χ0n) is 13.7. The van der Waals surface area contributed by atoms with E-state index in [1.807, 2.05) is 0 Å². The second-order valence-electron chi connectivity index (χ2n) is 7.82. The van der Waals surface area contributed by atoms with Gasteiger partial charge in [-0.3, -0.25) is 0 Å². The first-order chi connectivity index (χ1) is 9.95. The van der Waals surface area contributed by atoms with E-state index in [1.165, 1.54) is 24.8 Å². The van der Waals surface area contributed by atoms with Gasteiger partial charge in [-0.25, -0.2) is 0 Å². The molecule has 2 saturated carbocycles. The minimum Gasteiger partial charge on any atom is -0.149 e. The summed E-state index contributed by atoms with van der Waals surface area (Å²) in [5, 5.41) is 0. The summed E-state index contributed by atoms with van der Waals surface area (Å²) < 4.78 is 0.348. The minimum absolute atomic E-state index is 0.348. The van der Waals surface area contributed by atoms with Crippen molar-refractivity contribution in [3.05, 3.63) is 48.6 Å². The van der Waals surface area contributed by atoms with Crippen molar-refractivity contribution in [3.8, 4) is 0 Å². The van der Waals surface area contributed by atoms with Crippen LogP contribution < -0.4 is 0 Å². The van der Waals surface area contributed by atoms with Crippen LogP contribution in [0.2, 0.25) is 0 Å². The van der Waals surface area contributed by atoms with E-state index in [-0.39, 0.29) is 0 Å². The maximum atomic E-state index is 4.09. The summed E-state index contributed by atoms with van der Waals surface area (Å²) >= 11 is 2.21. The maximum Gasteiger partial charge on any atom is 0.0304 e. The molecule has 0 spiro atoms. The summed E-state index contributed by atoms with van der Waals surface area (Å²) in [7, 11) is 0. The van der Waals surface area contributed by atoms with Crippen molar-refractivity contribution in [2.75, 3.05) is 0 Å². The van der Waals surface area contributed by atoms with Crippen LogP contribution in [0, 0.1) is 16.7 Å². The fourth-order valence-electron chi connectivity index (χ4n) is 5.24. The first kappa shape index (κ1) is 15.2. The zero-order valence-corrected chi connectivity index (χ0v) is 14.5. The topological polar surface area (TPSA) is 0 Å². The van der Waals surface area contributed by atoms with Gasteiger partial charge < -0.3 is 0 Å². The monoisotopic (exact) mass is 300 g/mol. The first-order valence-corrected chi connectivity index (χ1v) is 9.22. The van der Waals surface area contributed by atoms with Crippen LogP contribution in [0.3, 0.4) is 0 Å². The molecule has 3 unspecified atom stereocenters. The van der Waals surface area contributed by atoms with Crippen LogP contribution in [0.5, 0.6) is 0 Å². The Morgan fingerprint density at radius 2 is 1.95 bits per heavy atom. The van der Waals surface area contributed by atoms with Crippen LogP contribution in [0.4, 0.5) is 0 Å². The van der Waals surface area contributed by atoms with E-state index in [2.05, 4.69) is 75.5 Å². The van der Waals surface area contributed by atoms with Crippen LogP contribution >= 0.6 is 11.8 Å². The van der Waals surface area contributed by atoms with E-state index in [0.29, 0.717) is 15.6 Å². The molecule has 0 radical (unpaired) electrons. The molecule has 0 aromatic heterocycles. The van der Waals surface area contributed by atoms with Crippen LogP contribution in [0.1, 0.15) is 52.0 Å². The van der Waals surface area contributed by atoms with Crippen molar-refractivity contribution in [1.82, 2.24) is 0 Å². The molecule has 21 heavy (non-hydrogen) atoms. The van der Waals surface area contributed by atoms with Crippen LogP contribution in [0.15, 0.2) is 43.0 Å². The molecule has 0 amide bonds. The predicted molar refractivity (Wildman–Crippen MR) is 94.5 cm³/mol. The Labute approximate surface area is 134 Å². The average molecular weight is 301 g/mol. The van der Waals surface area contributed by atoms with Gasteiger partial charge in [-0.1, -0.05) is 57.2 Å². The Kier molecular flexibility index (Phi) is 3.76. The van der Waals surface area contributed by atoms with Gasteiger partial charge in [-0.05, 0) is 48.0 Å². The van der Waals surface area contributed by atoms with E-state index >= 15 is 0 Å². The molecule has 2 aliphatic rings. The number of rotatable bonds is 5. The van der Waals surface area contributed by atoms with E-state index < -0.39 is 0 Å². The number of allylic oxidation sites excluding steroid dienone is 1. The van der Waals surface area contributed by atoms with Gasteiger partial charge >= 0.3 is 0 Å². The molecule has 0 heterocycles. The molecule has 0 nitrogen and oxygen atoms in total. The third kappa shape index (κ3) is 2.11. The number of hydrogen-bond donors (Lipinski definition) is 0. The van der Waals surface area contributed by atoms with Gasteiger partial charge in [0, 0.05) is 10.5 Å². The normalized spacial score (nSPS) is 36.8. The molecule has 2 fully saturated rings. The van der Waals surface area contributed by atoms with Crippen molar-refractivity contribution in [2.24, 2.45) is 16.7 Å². The van der Waals surface area contributed by atoms with Crippen molar-refractivity contribution in [2.45, 2.75) is 57.0 Å². The van der Waals surface area contributed by atoms with Crippen molar-refractivity contribution in [1.29, 1.82) is 0 Å². The molecule has 3 rings (SSSR count). The van der Waals surface area contributed by atoms with Crippen LogP contribution in [0.25, 0.3) is 0 Å². The fourth-order valence-corrected chi connectivity index (χ4v) is 7.16. The third-order valence-corrected chi connectivity index (χ3v) is 8.69.